The van der Waals surface area contributed by atoms with Crippen LogP contribution in [0.1, 0.15) is 11.1 Å². The van der Waals surface area contributed by atoms with Gasteiger partial charge < -0.3 is 5.73 Å². The van der Waals surface area contributed by atoms with Crippen LogP contribution in [0.15, 0.2) is 59.8 Å². The van der Waals surface area contributed by atoms with Gasteiger partial charge in [-0.1, -0.05) is 53.6 Å². The molecule has 0 aliphatic heterocycles. The Morgan fingerprint density at radius 2 is 1.77 bits per heavy atom. The van der Waals surface area contributed by atoms with Crippen molar-refractivity contribution in [2.75, 3.05) is 5.73 Å². The van der Waals surface area contributed by atoms with E-state index in [1.165, 1.54) is 5.56 Å². The number of nitrogen functional groups attached to an aromatic ring is 1. The molecule has 0 aliphatic carbocycles. The molecular weight excluding hydrogens is 296 g/mol. The zero-order valence-corrected chi connectivity index (χ0v) is 12.8. The van der Waals surface area contributed by atoms with E-state index in [1.807, 2.05) is 55.5 Å². The van der Waals surface area contributed by atoms with E-state index < -0.39 is 0 Å². The van der Waals surface area contributed by atoms with Gasteiger partial charge in [0.1, 0.15) is 0 Å². The summed E-state index contributed by atoms with van der Waals surface area (Å²) in [7, 11) is 0. The molecule has 0 fully saturated rings. The van der Waals surface area contributed by atoms with E-state index in [0.717, 1.165) is 16.8 Å². The first-order valence-electron chi connectivity index (χ1n) is 6.83. The summed E-state index contributed by atoms with van der Waals surface area (Å²) in [5.74, 6) is 0.348. The molecular formula is C17H15ClN4. The normalized spacial score (nSPS) is 11.2. The van der Waals surface area contributed by atoms with Crippen molar-refractivity contribution in [2.45, 2.75) is 6.92 Å². The highest BCUT2D eigenvalue weighted by molar-refractivity contribution is 6.30. The molecule has 5 heteroatoms. The van der Waals surface area contributed by atoms with E-state index >= 15 is 0 Å². The van der Waals surface area contributed by atoms with E-state index in [2.05, 4.69) is 10.1 Å². The molecule has 0 aliphatic rings. The molecule has 110 valence electrons. The summed E-state index contributed by atoms with van der Waals surface area (Å²) in [6.45, 7) is 2.05. The molecule has 0 spiro atoms. The van der Waals surface area contributed by atoms with Gasteiger partial charge in [0.2, 0.25) is 5.95 Å². The quantitative estimate of drug-likeness (QED) is 0.744. The van der Waals surface area contributed by atoms with E-state index in [4.69, 9.17) is 17.3 Å². The zero-order valence-electron chi connectivity index (χ0n) is 12.1. The molecule has 0 saturated carbocycles. The van der Waals surface area contributed by atoms with Gasteiger partial charge in [0.05, 0.1) is 18.1 Å². The molecule has 3 aromatic rings. The van der Waals surface area contributed by atoms with Crippen LogP contribution in [-0.4, -0.2) is 15.9 Å². The molecule has 0 atom stereocenters. The lowest BCUT2D eigenvalue weighted by Gasteiger charge is -2.04. The number of hydrogen-bond donors (Lipinski definition) is 1. The minimum absolute atomic E-state index is 0.348. The summed E-state index contributed by atoms with van der Waals surface area (Å²) < 4.78 is 1.62. The first-order chi connectivity index (χ1) is 10.6. The van der Waals surface area contributed by atoms with Crippen molar-refractivity contribution in [3.05, 3.63) is 70.9 Å². The summed E-state index contributed by atoms with van der Waals surface area (Å²) in [6, 6.07) is 15.6. The highest BCUT2D eigenvalue weighted by Crippen LogP contribution is 2.22. The zero-order chi connectivity index (χ0) is 15.5. The molecule has 22 heavy (non-hydrogen) atoms. The number of benzene rings is 2. The Bertz CT molecular complexity index is 802. The van der Waals surface area contributed by atoms with Crippen LogP contribution in [0.2, 0.25) is 5.02 Å². The number of halogens is 1. The Kier molecular flexibility index (Phi) is 3.94. The first kappa shape index (κ1) is 14.4. The maximum atomic E-state index is 5.91. The highest BCUT2D eigenvalue weighted by Gasteiger charge is 2.08. The molecule has 2 aromatic carbocycles. The van der Waals surface area contributed by atoms with Crippen molar-refractivity contribution >= 4 is 23.8 Å². The summed E-state index contributed by atoms with van der Waals surface area (Å²) in [6.07, 6.45) is 3.45. The van der Waals surface area contributed by atoms with Gasteiger partial charge in [-0.15, -0.1) is 0 Å². The van der Waals surface area contributed by atoms with E-state index in [1.54, 1.807) is 17.1 Å². The van der Waals surface area contributed by atoms with Gasteiger partial charge >= 0.3 is 0 Å². The minimum Gasteiger partial charge on any atom is -0.368 e. The van der Waals surface area contributed by atoms with E-state index in [9.17, 15) is 0 Å². The molecule has 0 unspecified atom stereocenters. The standard InChI is InChI=1S/C17H15ClN4/c1-12-2-6-14(7-3-12)16-11-20-17(19)22(16)21-10-13-4-8-15(18)9-5-13/h2-11H,1H3,(H2,19,20). The maximum Gasteiger partial charge on any atom is 0.221 e. The molecule has 0 radical (unpaired) electrons. The number of nitrogens with two attached hydrogens (primary N) is 1. The molecule has 0 bridgehead atoms. The van der Waals surface area contributed by atoms with Crippen molar-refractivity contribution < 1.29 is 0 Å². The van der Waals surface area contributed by atoms with Crippen molar-refractivity contribution in [3.8, 4) is 11.3 Å². The number of anilines is 1. The Balaban J connectivity index is 1.95. The monoisotopic (exact) mass is 310 g/mol. The number of hydrogen-bond acceptors (Lipinski definition) is 3. The summed E-state index contributed by atoms with van der Waals surface area (Å²) in [5.41, 5.74) is 9.92. The lowest BCUT2D eigenvalue weighted by atomic mass is 10.1. The average Bonchev–Trinajstić information content (AvgIpc) is 2.89. The second kappa shape index (κ2) is 6.03. The van der Waals surface area contributed by atoms with Gasteiger partial charge in [0.25, 0.3) is 0 Å². The minimum atomic E-state index is 0.348. The predicted octanol–water partition coefficient (Wildman–Crippen LogP) is 3.98. The maximum absolute atomic E-state index is 5.91. The van der Waals surface area contributed by atoms with Crippen molar-refractivity contribution in [1.29, 1.82) is 0 Å². The van der Waals surface area contributed by atoms with Gasteiger partial charge in [-0.2, -0.15) is 9.78 Å². The van der Waals surface area contributed by atoms with Crippen LogP contribution in [0.3, 0.4) is 0 Å². The number of imidazole rings is 1. The van der Waals surface area contributed by atoms with Gasteiger partial charge in [-0.25, -0.2) is 4.98 Å². The molecule has 2 N–H and O–H groups in total. The largest absolute Gasteiger partial charge is 0.368 e. The van der Waals surface area contributed by atoms with E-state index in [0.29, 0.717) is 11.0 Å². The average molecular weight is 311 g/mol. The lowest BCUT2D eigenvalue weighted by molar-refractivity contribution is 0.906. The van der Waals surface area contributed by atoms with Crippen LogP contribution >= 0.6 is 11.6 Å². The van der Waals surface area contributed by atoms with Gasteiger partial charge in [0.15, 0.2) is 0 Å². The van der Waals surface area contributed by atoms with E-state index in [-0.39, 0.29) is 0 Å². The van der Waals surface area contributed by atoms with Crippen molar-refractivity contribution in [3.63, 3.8) is 0 Å². The van der Waals surface area contributed by atoms with Crippen LogP contribution in [0.25, 0.3) is 11.3 Å². The smallest absolute Gasteiger partial charge is 0.221 e. The third kappa shape index (κ3) is 3.02. The Morgan fingerprint density at radius 1 is 1.09 bits per heavy atom. The molecule has 4 nitrogen and oxygen atoms in total. The van der Waals surface area contributed by atoms with Crippen LogP contribution < -0.4 is 5.73 Å². The molecule has 3 rings (SSSR count). The summed E-state index contributed by atoms with van der Waals surface area (Å²) in [4.78, 5) is 4.15. The lowest BCUT2D eigenvalue weighted by Crippen LogP contribution is -2.00. The summed E-state index contributed by atoms with van der Waals surface area (Å²) >= 11 is 5.87. The third-order valence-corrected chi connectivity index (χ3v) is 3.56. The number of aryl methyl sites for hydroxylation is 1. The Labute approximate surface area is 133 Å². The van der Waals surface area contributed by atoms with Crippen LogP contribution in [-0.2, 0) is 0 Å². The van der Waals surface area contributed by atoms with Crippen molar-refractivity contribution in [2.24, 2.45) is 5.10 Å². The fourth-order valence-corrected chi connectivity index (χ4v) is 2.20. The van der Waals surface area contributed by atoms with Crippen LogP contribution in [0.5, 0.6) is 0 Å². The first-order valence-corrected chi connectivity index (χ1v) is 7.21. The number of rotatable bonds is 3. The fraction of sp³-hybridized carbons (Fsp3) is 0.0588. The second-order valence-corrected chi connectivity index (χ2v) is 5.41. The van der Waals surface area contributed by atoms with Crippen LogP contribution in [0.4, 0.5) is 5.95 Å². The molecule has 0 saturated heterocycles. The molecule has 1 aromatic heterocycles. The van der Waals surface area contributed by atoms with Gasteiger partial charge in [-0.3, -0.25) is 0 Å². The summed E-state index contributed by atoms with van der Waals surface area (Å²) in [5, 5.41) is 5.12. The van der Waals surface area contributed by atoms with Gasteiger partial charge in [0, 0.05) is 10.6 Å². The van der Waals surface area contributed by atoms with Gasteiger partial charge in [-0.05, 0) is 24.6 Å². The molecule has 1 heterocycles. The highest BCUT2D eigenvalue weighted by atomic mass is 35.5. The number of nitrogens with zero attached hydrogens (tertiary/aromatic N) is 3. The topological polar surface area (TPSA) is 56.2 Å². The predicted molar refractivity (Wildman–Crippen MR) is 91.3 cm³/mol. The third-order valence-electron chi connectivity index (χ3n) is 3.30. The van der Waals surface area contributed by atoms with Crippen molar-refractivity contribution in [1.82, 2.24) is 9.66 Å². The Morgan fingerprint density at radius 3 is 2.45 bits per heavy atom. The SMILES string of the molecule is Cc1ccc(-c2cnc(N)n2N=Cc2ccc(Cl)cc2)cc1. The number of aromatic nitrogens is 2. The second-order valence-electron chi connectivity index (χ2n) is 4.98. The Hall–Kier alpha value is -2.59. The molecule has 0 amide bonds. The van der Waals surface area contributed by atoms with Crippen LogP contribution in [0, 0.1) is 6.92 Å². The fourth-order valence-electron chi connectivity index (χ4n) is 2.08.